The Labute approximate surface area is 147 Å². The van der Waals surface area contributed by atoms with Crippen molar-refractivity contribution in [2.45, 2.75) is 0 Å². The molecule has 0 atom stereocenters. The molecular formula is C17H14N2O5S. The maximum absolute atomic E-state index is 12.5. The fourth-order valence-electron chi connectivity index (χ4n) is 2.52. The number of nitrogens with zero attached hydrogens (tertiary/aromatic N) is 1. The van der Waals surface area contributed by atoms with Crippen LogP contribution in [0.2, 0.25) is 0 Å². The monoisotopic (exact) mass is 358 g/mol. The van der Waals surface area contributed by atoms with Gasteiger partial charge in [-0.05, 0) is 18.2 Å². The third kappa shape index (κ3) is 2.80. The van der Waals surface area contributed by atoms with E-state index in [4.69, 9.17) is 18.9 Å². The number of anilines is 1. The molecule has 4 rings (SSSR count). The predicted molar refractivity (Wildman–Crippen MR) is 93.2 cm³/mol. The summed E-state index contributed by atoms with van der Waals surface area (Å²) in [6.45, 7) is 0.218. The Bertz CT molecular complexity index is 928. The lowest BCUT2D eigenvalue weighted by molar-refractivity contribution is 0.102. The van der Waals surface area contributed by atoms with Gasteiger partial charge < -0.3 is 18.9 Å². The fourth-order valence-corrected chi connectivity index (χ4v) is 3.39. The first-order valence-electron chi connectivity index (χ1n) is 7.41. The Balaban J connectivity index is 1.59. The van der Waals surface area contributed by atoms with E-state index in [0.29, 0.717) is 33.7 Å². The molecule has 0 bridgehead atoms. The Hall–Kier alpha value is -3.00. The van der Waals surface area contributed by atoms with Crippen molar-refractivity contribution < 1.29 is 23.7 Å². The van der Waals surface area contributed by atoms with E-state index < -0.39 is 0 Å². The average molecular weight is 358 g/mol. The van der Waals surface area contributed by atoms with Gasteiger partial charge in [0.2, 0.25) is 6.79 Å². The number of ether oxygens (including phenoxy) is 4. The summed E-state index contributed by atoms with van der Waals surface area (Å²) in [6, 6.07) is 8.64. The van der Waals surface area contributed by atoms with Crippen LogP contribution in [-0.2, 0) is 0 Å². The van der Waals surface area contributed by atoms with Crippen LogP contribution in [0.5, 0.6) is 23.0 Å². The lowest BCUT2D eigenvalue weighted by atomic mass is 10.2. The van der Waals surface area contributed by atoms with Gasteiger partial charge >= 0.3 is 0 Å². The summed E-state index contributed by atoms with van der Waals surface area (Å²) in [5.74, 6) is 2.13. The summed E-state index contributed by atoms with van der Waals surface area (Å²) in [5.41, 5.74) is 1.20. The Morgan fingerprint density at radius 3 is 2.64 bits per heavy atom. The number of nitrogens with one attached hydrogen (secondary N) is 1. The molecule has 0 spiro atoms. The Morgan fingerprint density at radius 2 is 1.88 bits per heavy atom. The van der Waals surface area contributed by atoms with E-state index in [-0.39, 0.29) is 12.7 Å². The summed E-state index contributed by atoms with van der Waals surface area (Å²) in [6.07, 6.45) is 0. The second kappa shape index (κ2) is 6.14. The van der Waals surface area contributed by atoms with Crippen molar-refractivity contribution in [1.82, 2.24) is 4.98 Å². The van der Waals surface area contributed by atoms with Crippen molar-refractivity contribution >= 4 is 32.6 Å². The van der Waals surface area contributed by atoms with Crippen LogP contribution in [0.15, 0.2) is 30.3 Å². The van der Waals surface area contributed by atoms with Gasteiger partial charge in [-0.1, -0.05) is 11.3 Å². The minimum atomic E-state index is -0.278. The summed E-state index contributed by atoms with van der Waals surface area (Å²) < 4.78 is 22.0. The van der Waals surface area contributed by atoms with Crippen molar-refractivity contribution in [3.63, 3.8) is 0 Å². The number of benzene rings is 2. The smallest absolute Gasteiger partial charge is 0.257 e. The molecule has 2 heterocycles. The minimum absolute atomic E-state index is 0.218. The molecule has 0 saturated carbocycles. The van der Waals surface area contributed by atoms with Crippen LogP contribution >= 0.6 is 11.3 Å². The first kappa shape index (κ1) is 15.5. The lowest BCUT2D eigenvalue weighted by Gasteiger charge is -2.09. The predicted octanol–water partition coefficient (Wildman–Crippen LogP) is 3.29. The molecule has 1 aliphatic rings. The Kier molecular flexibility index (Phi) is 3.81. The molecule has 128 valence electrons. The molecule has 0 radical (unpaired) electrons. The van der Waals surface area contributed by atoms with E-state index in [1.165, 1.54) is 18.4 Å². The van der Waals surface area contributed by atoms with Crippen LogP contribution in [0.25, 0.3) is 10.2 Å². The SMILES string of the molecule is COc1ccc(C(=O)Nc2nc3cc4c(cc3s2)OCO4)cc1OC. The van der Waals surface area contributed by atoms with Crippen LogP contribution in [0.1, 0.15) is 10.4 Å². The van der Waals surface area contributed by atoms with E-state index in [0.717, 1.165) is 10.2 Å². The molecule has 0 fully saturated rings. The first-order valence-corrected chi connectivity index (χ1v) is 8.23. The van der Waals surface area contributed by atoms with Gasteiger partial charge in [0.25, 0.3) is 5.91 Å². The van der Waals surface area contributed by atoms with Gasteiger partial charge in [0, 0.05) is 17.7 Å². The van der Waals surface area contributed by atoms with Crippen LogP contribution in [0.4, 0.5) is 5.13 Å². The van der Waals surface area contributed by atoms with E-state index in [2.05, 4.69) is 10.3 Å². The fraction of sp³-hybridized carbons (Fsp3) is 0.176. The quantitative estimate of drug-likeness (QED) is 0.771. The van der Waals surface area contributed by atoms with Crippen LogP contribution < -0.4 is 24.3 Å². The number of hydrogen-bond acceptors (Lipinski definition) is 7. The van der Waals surface area contributed by atoms with Crippen LogP contribution in [0, 0.1) is 0 Å². The van der Waals surface area contributed by atoms with Gasteiger partial charge in [0.15, 0.2) is 28.1 Å². The van der Waals surface area contributed by atoms with Gasteiger partial charge in [0.05, 0.1) is 24.4 Å². The number of carbonyl (C=O) groups excluding carboxylic acids is 1. The maximum atomic E-state index is 12.5. The zero-order valence-electron chi connectivity index (χ0n) is 13.5. The van der Waals surface area contributed by atoms with E-state index in [9.17, 15) is 4.79 Å². The zero-order chi connectivity index (χ0) is 17.4. The molecule has 0 unspecified atom stereocenters. The average Bonchev–Trinajstić information content (AvgIpc) is 3.23. The third-order valence-corrected chi connectivity index (χ3v) is 4.68. The molecule has 1 N–H and O–H groups in total. The molecule has 1 amide bonds. The van der Waals surface area contributed by atoms with Gasteiger partial charge in [-0.2, -0.15) is 0 Å². The van der Waals surface area contributed by atoms with Crippen molar-refractivity contribution in [3.05, 3.63) is 35.9 Å². The summed E-state index contributed by atoms with van der Waals surface area (Å²) in [5, 5.41) is 3.30. The molecular weight excluding hydrogens is 344 g/mol. The number of amides is 1. The second-order valence-corrected chi connectivity index (χ2v) is 6.25. The Morgan fingerprint density at radius 1 is 1.12 bits per heavy atom. The maximum Gasteiger partial charge on any atom is 0.257 e. The molecule has 0 aliphatic carbocycles. The largest absolute Gasteiger partial charge is 0.493 e. The highest BCUT2D eigenvalue weighted by Gasteiger charge is 2.18. The number of hydrogen-bond donors (Lipinski definition) is 1. The highest BCUT2D eigenvalue weighted by Crippen LogP contribution is 2.39. The molecule has 2 aromatic carbocycles. The van der Waals surface area contributed by atoms with Crippen molar-refractivity contribution in [2.75, 3.05) is 26.3 Å². The summed E-state index contributed by atoms with van der Waals surface area (Å²) in [7, 11) is 3.07. The van der Waals surface area contributed by atoms with Gasteiger partial charge in [-0.3, -0.25) is 10.1 Å². The van der Waals surface area contributed by atoms with Gasteiger partial charge in [0.1, 0.15) is 0 Å². The van der Waals surface area contributed by atoms with E-state index >= 15 is 0 Å². The molecule has 3 aromatic rings. The number of fused-ring (bicyclic) bond motifs is 2. The second-order valence-electron chi connectivity index (χ2n) is 5.22. The van der Waals surface area contributed by atoms with Gasteiger partial charge in [-0.15, -0.1) is 0 Å². The molecule has 1 aliphatic heterocycles. The molecule has 1 aromatic heterocycles. The van der Waals surface area contributed by atoms with Crippen LogP contribution in [-0.4, -0.2) is 31.9 Å². The topological polar surface area (TPSA) is 78.9 Å². The van der Waals surface area contributed by atoms with E-state index in [1.807, 2.05) is 6.07 Å². The number of carbonyl (C=O) groups is 1. The third-order valence-electron chi connectivity index (χ3n) is 3.75. The highest BCUT2D eigenvalue weighted by atomic mass is 32.1. The molecule has 7 nitrogen and oxygen atoms in total. The number of thiazole rings is 1. The van der Waals surface area contributed by atoms with E-state index in [1.54, 1.807) is 31.4 Å². The van der Waals surface area contributed by atoms with Crippen LogP contribution in [0.3, 0.4) is 0 Å². The number of methoxy groups -OCH3 is 2. The summed E-state index contributed by atoms with van der Waals surface area (Å²) >= 11 is 1.37. The molecule has 8 heteroatoms. The first-order chi connectivity index (χ1) is 12.2. The standard InChI is InChI=1S/C17H14N2O5S/c1-21-11-4-3-9(5-12(11)22-2)16(20)19-17-18-10-6-13-14(24-8-23-13)7-15(10)25-17/h3-7H,8H2,1-2H3,(H,18,19,20). The number of rotatable bonds is 4. The number of aromatic nitrogens is 1. The minimum Gasteiger partial charge on any atom is -0.493 e. The lowest BCUT2D eigenvalue weighted by Crippen LogP contribution is -2.11. The van der Waals surface area contributed by atoms with Gasteiger partial charge in [-0.25, -0.2) is 4.98 Å². The van der Waals surface area contributed by atoms with Crippen molar-refractivity contribution in [3.8, 4) is 23.0 Å². The van der Waals surface area contributed by atoms with Crippen molar-refractivity contribution in [2.24, 2.45) is 0 Å². The summed E-state index contributed by atoms with van der Waals surface area (Å²) in [4.78, 5) is 16.9. The zero-order valence-corrected chi connectivity index (χ0v) is 14.3. The normalized spacial score (nSPS) is 12.2. The molecule has 0 saturated heterocycles. The molecule has 25 heavy (non-hydrogen) atoms. The highest BCUT2D eigenvalue weighted by molar-refractivity contribution is 7.22. The van der Waals surface area contributed by atoms with Crippen molar-refractivity contribution in [1.29, 1.82) is 0 Å².